The molecule has 0 aliphatic heterocycles. The Morgan fingerprint density at radius 3 is 1.31 bits per heavy atom. The quantitative estimate of drug-likeness (QED) is 0.0938. The van der Waals surface area contributed by atoms with Crippen LogP contribution in [0, 0.1) is 87.4 Å². The summed E-state index contributed by atoms with van der Waals surface area (Å²) in [6.45, 7) is 1.60. The average Bonchev–Trinajstić information content (AvgIpc) is 2.93. The topological polar surface area (TPSA) is 12.9 Å². The zero-order valence-electron chi connectivity index (χ0n) is 20.5. The molecule has 0 spiro atoms. The van der Waals surface area contributed by atoms with E-state index in [0.717, 1.165) is 13.8 Å². The molecule has 1 heterocycles. The number of hydrogen-bond donors (Lipinski definition) is 0. The van der Waals surface area contributed by atoms with Gasteiger partial charge in [-0.25, -0.2) is 62.1 Å². The number of halogens is 15. The minimum Gasteiger partial charge on any atom is -0.214 e. The van der Waals surface area contributed by atoms with Gasteiger partial charge in [-0.2, -0.15) is 8.78 Å². The van der Waals surface area contributed by atoms with Crippen molar-refractivity contribution in [3.63, 3.8) is 0 Å². The number of rotatable bonds is 5. The summed E-state index contributed by atoms with van der Waals surface area (Å²) in [5, 5.41) is -1.73. The van der Waals surface area contributed by atoms with Crippen LogP contribution in [0.2, 0.25) is 0 Å². The lowest BCUT2D eigenvalue weighted by Crippen LogP contribution is -2.15. The molecule has 0 N–H and O–H groups in total. The number of nitrogens with zero attached hydrogens (tertiary/aromatic N) is 1. The fraction of sp³-hybridized carbons (Fsp3) is 0.192. The SMILES string of the molecule is CC(CC(C)c1c(F)c(F)c2c(F)c(F)c(F)nc2c1F)c1c(F)c(F)c(F)c(F)c1-c1c(F)c(F)c(F)c(F)c1F. The molecular weight excluding hydrogens is 611 g/mol. The fourth-order valence-corrected chi connectivity index (χ4v) is 4.70. The van der Waals surface area contributed by atoms with E-state index >= 15 is 4.39 Å². The van der Waals surface area contributed by atoms with Crippen molar-refractivity contribution in [2.24, 2.45) is 0 Å². The summed E-state index contributed by atoms with van der Waals surface area (Å²) in [7, 11) is 0. The Kier molecular flexibility index (Phi) is 7.88. The number of aromatic nitrogens is 1. The maximum atomic E-state index is 15.2. The fourth-order valence-electron chi connectivity index (χ4n) is 4.70. The number of hydrogen-bond acceptors (Lipinski definition) is 1. The molecule has 1 nitrogen and oxygen atoms in total. The van der Waals surface area contributed by atoms with E-state index in [1.807, 2.05) is 0 Å². The normalized spacial score (nSPS) is 13.3. The van der Waals surface area contributed by atoms with Gasteiger partial charge in [-0.3, -0.25) is 0 Å². The van der Waals surface area contributed by atoms with Gasteiger partial charge in [0.1, 0.15) is 5.52 Å². The standard InChI is InChI=1S/C26H10F15N/c1-4(3-5(2)7-12(28)16(32)10-17(33)24(40)26(41)42-25(10)18(7)34)6-8(13(29)20(36)19(35)11(6)27)9-14(30)21(37)23(39)22(38)15(9)31/h4-5H,3H2,1-2H3. The van der Waals surface area contributed by atoms with Crippen LogP contribution in [-0.4, -0.2) is 4.98 Å². The first-order valence-corrected chi connectivity index (χ1v) is 11.3. The van der Waals surface area contributed by atoms with Gasteiger partial charge in [-0.05, 0) is 18.3 Å². The lowest BCUT2D eigenvalue weighted by molar-refractivity contribution is 0.377. The van der Waals surface area contributed by atoms with Crippen LogP contribution in [0.15, 0.2) is 0 Å². The van der Waals surface area contributed by atoms with Crippen molar-refractivity contribution in [1.29, 1.82) is 0 Å². The van der Waals surface area contributed by atoms with Crippen molar-refractivity contribution >= 4 is 10.9 Å². The minimum absolute atomic E-state index is 0.765. The Morgan fingerprint density at radius 1 is 0.405 bits per heavy atom. The van der Waals surface area contributed by atoms with Gasteiger partial charge >= 0.3 is 0 Å². The van der Waals surface area contributed by atoms with Crippen molar-refractivity contribution in [2.45, 2.75) is 32.1 Å². The van der Waals surface area contributed by atoms with Crippen LogP contribution < -0.4 is 0 Å². The van der Waals surface area contributed by atoms with Gasteiger partial charge in [0.05, 0.1) is 10.9 Å². The monoisotopic (exact) mass is 621 g/mol. The molecule has 16 heteroatoms. The smallest absolute Gasteiger partial charge is 0.214 e. The number of benzene rings is 3. The molecule has 0 saturated carbocycles. The average molecular weight is 621 g/mol. The predicted molar refractivity (Wildman–Crippen MR) is 114 cm³/mol. The molecular formula is C26H10F15N. The molecule has 224 valence electrons. The molecule has 42 heavy (non-hydrogen) atoms. The lowest BCUT2D eigenvalue weighted by Gasteiger charge is -2.24. The van der Waals surface area contributed by atoms with Gasteiger partial charge in [0, 0.05) is 16.7 Å². The summed E-state index contributed by atoms with van der Waals surface area (Å²) in [6.07, 6.45) is -1.01. The van der Waals surface area contributed by atoms with Crippen LogP contribution in [0.1, 0.15) is 43.2 Å². The van der Waals surface area contributed by atoms with Crippen LogP contribution >= 0.6 is 0 Å². The zero-order valence-corrected chi connectivity index (χ0v) is 20.5. The van der Waals surface area contributed by atoms with E-state index in [1.165, 1.54) is 0 Å². The van der Waals surface area contributed by atoms with Gasteiger partial charge in [0.25, 0.3) is 5.95 Å². The molecule has 0 saturated heterocycles. The first kappa shape index (κ1) is 31.0. The van der Waals surface area contributed by atoms with E-state index in [1.54, 1.807) is 0 Å². The lowest BCUT2D eigenvalue weighted by atomic mass is 9.82. The Balaban J connectivity index is 1.95. The van der Waals surface area contributed by atoms with E-state index in [0.29, 0.717) is 0 Å². The second kappa shape index (κ2) is 10.7. The molecule has 0 aliphatic carbocycles. The molecule has 1 aromatic heterocycles. The molecule has 2 unspecified atom stereocenters. The van der Waals surface area contributed by atoms with Crippen LogP contribution in [0.4, 0.5) is 65.9 Å². The number of pyridine rings is 1. The van der Waals surface area contributed by atoms with Gasteiger partial charge in [0.2, 0.25) is 11.6 Å². The highest BCUT2D eigenvalue weighted by Crippen LogP contribution is 2.44. The van der Waals surface area contributed by atoms with Crippen molar-refractivity contribution < 1.29 is 65.9 Å². The number of fused-ring (bicyclic) bond motifs is 1. The predicted octanol–water partition coefficient (Wildman–Crippen LogP) is 9.29. The third kappa shape index (κ3) is 4.42. The minimum atomic E-state index is -2.75. The molecule has 2 atom stereocenters. The second-order valence-electron chi connectivity index (χ2n) is 9.14. The van der Waals surface area contributed by atoms with Crippen molar-refractivity contribution in [2.75, 3.05) is 0 Å². The zero-order chi connectivity index (χ0) is 31.7. The van der Waals surface area contributed by atoms with E-state index in [-0.39, 0.29) is 0 Å². The van der Waals surface area contributed by atoms with E-state index in [4.69, 9.17) is 0 Å². The largest absolute Gasteiger partial charge is 0.252 e. The molecule has 0 aliphatic rings. The molecule has 0 bridgehead atoms. The summed E-state index contributed by atoms with van der Waals surface area (Å²) in [5.74, 6) is -41.0. The summed E-state index contributed by atoms with van der Waals surface area (Å²) in [4.78, 5) is 2.71. The molecule has 4 rings (SSSR count). The highest BCUT2D eigenvalue weighted by molar-refractivity contribution is 5.82. The first-order chi connectivity index (χ1) is 19.4. The molecule has 0 amide bonds. The molecule has 4 aromatic rings. The van der Waals surface area contributed by atoms with Gasteiger partial charge in [0.15, 0.2) is 69.8 Å². The molecule has 3 aromatic carbocycles. The van der Waals surface area contributed by atoms with Gasteiger partial charge in [-0.1, -0.05) is 13.8 Å². The highest BCUT2D eigenvalue weighted by Gasteiger charge is 2.37. The first-order valence-electron chi connectivity index (χ1n) is 11.3. The summed E-state index contributed by atoms with van der Waals surface area (Å²) < 4.78 is 214. The Morgan fingerprint density at radius 2 is 0.786 bits per heavy atom. The Labute approximate surface area is 224 Å². The van der Waals surface area contributed by atoms with Crippen molar-refractivity contribution in [3.05, 3.63) is 98.5 Å². The van der Waals surface area contributed by atoms with Crippen molar-refractivity contribution in [3.8, 4) is 11.1 Å². The summed E-state index contributed by atoms with van der Waals surface area (Å²) >= 11 is 0. The highest BCUT2D eigenvalue weighted by atomic mass is 19.2. The summed E-state index contributed by atoms with van der Waals surface area (Å²) in [5.41, 5.74) is -8.63. The van der Waals surface area contributed by atoms with Crippen LogP contribution in [0.3, 0.4) is 0 Å². The van der Waals surface area contributed by atoms with E-state index in [9.17, 15) is 61.5 Å². The maximum absolute atomic E-state index is 15.2. The van der Waals surface area contributed by atoms with E-state index < -0.39 is 139 Å². The van der Waals surface area contributed by atoms with E-state index in [2.05, 4.69) is 4.98 Å². The maximum Gasteiger partial charge on any atom is 0.252 e. The van der Waals surface area contributed by atoms with Gasteiger partial charge < -0.3 is 0 Å². The third-order valence-corrected chi connectivity index (χ3v) is 6.59. The molecule has 0 fully saturated rings. The summed E-state index contributed by atoms with van der Waals surface area (Å²) in [6, 6.07) is 0. The molecule has 0 radical (unpaired) electrons. The van der Waals surface area contributed by atoms with Crippen LogP contribution in [0.5, 0.6) is 0 Å². The van der Waals surface area contributed by atoms with Crippen LogP contribution in [-0.2, 0) is 0 Å². The van der Waals surface area contributed by atoms with Gasteiger partial charge in [-0.15, -0.1) is 0 Å². The van der Waals surface area contributed by atoms with Crippen molar-refractivity contribution in [1.82, 2.24) is 4.98 Å². The van der Waals surface area contributed by atoms with Crippen LogP contribution in [0.25, 0.3) is 22.0 Å². The Bertz CT molecular complexity index is 1770. The third-order valence-electron chi connectivity index (χ3n) is 6.59. The Hall–Kier alpha value is -3.98. The second-order valence-corrected chi connectivity index (χ2v) is 9.14.